The van der Waals surface area contributed by atoms with Gasteiger partial charge in [-0.2, -0.15) is 0 Å². The van der Waals surface area contributed by atoms with Gasteiger partial charge in [-0.05, 0) is 54.7 Å². The Balaban J connectivity index is 1.16. The Bertz CT molecular complexity index is 1110. The van der Waals surface area contributed by atoms with Crippen molar-refractivity contribution in [2.45, 2.75) is 45.6 Å². The van der Waals surface area contributed by atoms with Crippen LogP contribution in [-0.4, -0.2) is 63.1 Å². The highest BCUT2D eigenvalue weighted by molar-refractivity contribution is 5.89. The number of piperazine rings is 1. The number of carbonyl (C=O) groups is 1. The molecule has 1 aliphatic carbocycles. The van der Waals surface area contributed by atoms with Crippen LogP contribution < -0.4 is 5.32 Å². The Labute approximate surface area is 189 Å². The summed E-state index contributed by atoms with van der Waals surface area (Å²) in [6, 6.07) is 10.3. The maximum atomic E-state index is 12.8. The first kappa shape index (κ1) is 20.9. The lowest BCUT2D eigenvalue weighted by atomic mass is 10.1. The summed E-state index contributed by atoms with van der Waals surface area (Å²) in [5, 5.41) is 3.10. The van der Waals surface area contributed by atoms with E-state index >= 15 is 0 Å². The molecule has 1 fully saturated rings. The number of anilines is 1. The number of fused-ring (bicyclic) bond motifs is 2. The molecule has 5 rings (SSSR count). The zero-order chi connectivity index (χ0) is 22.1. The summed E-state index contributed by atoms with van der Waals surface area (Å²) in [5.41, 5.74) is 5.65. The van der Waals surface area contributed by atoms with Crippen molar-refractivity contribution in [2.75, 3.05) is 38.0 Å². The van der Waals surface area contributed by atoms with Gasteiger partial charge in [0.25, 0.3) is 0 Å². The Kier molecular flexibility index (Phi) is 5.83. The number of amides is 2. The Morgan fingerprint density at radius 3 is 2.69 bits per heavy atom. The quantitative estimate of drug-likeness (QED) is 0.664. The van der Waals surface area contributed by atoms with Crippen molar-refractivity contribution in [2.24, 2.45) is 0 Å². The van der Waals surface area contributed by atoms with Gasteiger partial charge in [0.1, 0.15) is 11.3 Å². The molecule has 7 nitrogen and oxygen atoms in total. The van der Waals surface area contributed by atoms with Gasteiger partial charge in [-0.15, -0.1) is 0 Å². The number of aromatic nitrogens is 3. The normalized spacial score (nSPS) is 16.7. The van der Waals surface area contributed by atoms with Gasteiger partial charge in [-0.25, -0.2) is 14.8 Å². The van der Waals surface area contributed by atoms with Crippen LogP contribution in [0.3, 0.4) is 0 Å². The number of urea groups is 1. The molecule has 2 amide bonds. The molecule has 0 radical (unpaired) electrons. The molecule has 7 heteroatoms. The lowest BCUT2D eigenvalue weighted by Gasteiger charge is -2.34. The summed E-state index contributed by atoms with van der Waals surface area (Å²) in [7, 11) is 0. The first-order valence-electron chi connectivity index (χ1n) is 11.8. The smallest absolute Gasteiger partial charge is 0.321 e. The number of imidazole rings is 1. The fourth-order valence-corrected chi connectivity index (χ4v) is 4.91. The van der Waals surface area contributed by atoms with E-state index in [1.807, 2.05) is 29.3 Å². The number of nitrogens with one attached hydrogen (secondary N) is 1. The molecule has 0 bridgehead atoms. The molecule has 1 N–H and O–H groups in total. The Hall–Kier alpha value is -2.93. The zero-order valence-corrected chi connectivity index (χ0v) is 19.0. The van der Waals surface area contributed by atoms with E-state index in [0.717, 1.165) is 74.8 Å². The summed E-state index contributed by atoms with van der Waals surface area (Å²) in [6.45, 7) is 9.41. The molecule has 32 heavy (non-hydrogen) atoms. The van der Waals surface area contributed by atoms with Crippen LogP contribution in [0.15, 0.2) is 36.5 Å². The van der Waals surface area contributed by atoms with E-state index in [9.17, 15) is 4.79 Å². The number of pyridine rings is 1. The molecule has 1 aliphatic heterocycles. The van der Waals surface area contributed by atoms with Crippen molar-refractivity contribution >= 4 is 22.9 Å². The minimum atomic E-state index is 0.00879. The van der Waals surface area contributed by atoms with Crippen molar-refractivity contribution in [3.05, 3.63) is 53.5 Å². The Morgan fingerprint density at radius 1 is 1.06 bits per heavy atom. The van der Waals surface area contributed by atoms with Gasteiger partial charge in [0.2, 0.25) is 0 Å². The van der Waals surface area contributed by atoms with Crippen LogP contribution in [0.2, 0.25) is 0 Å². The minimum absolute atomic E-state index is 0.00879. The lowest BCUT2D eigenvalue weighted by Crippen LogP contribution is -2.50. The molecular formula is C25H32N6O. The minimum Gasteiger partial charge on any atom is -0.322 e. The van der Waals surface area contributed by atoms with Gasteiger partial charge in [-0.1, -0.05) is 19.9 Å². The van der Waals surface area contributed by atoms with E-state index in [-0.39, 0.29) is 6.03 Å². The standard InChI is InChI=1S/C25H32N6O/c1-18(2)23-28-22-7-4-10-26-24(22)31(23)16-13-29-11-14-30(15-12-29)25(32)27-21-9-8-19-5-3-6-20(19)17-21/h4,7-10,17-18H,3,5-6,11-16H2,1-2H3,(H,27,32). The predicted octanol–water partition coefficient (Wildman–Crippen LogP) is 3.89. The van der Waals surface area contributed by atoms with Crippen LogP contribution in [0.25, 0.3) is 11.2 Å². The van der Waals surface area contributed by atoms with Gasteiger partial charge in [0.15, 0.2) is 5.65 Å². The monoisotopic (exact) mass is 432 g/mol. The second-order valence-electron chi connectivity index (χ2n) is 9.22. The second kappa shape index (κ2) is 8.90. The third-order valence-electron chi connectivity index (χ3n) is 6.70. The molecule has 1 aromatic carbocycles. The molecule has 0 atom stereocenters. The first-order chi connectivity index (χ1) is 15.6. The number of nitrogens with zero attached hydrogens (tertiary/aromatic N) is 5. The third-order valence-corrected chi connectivity index (χ3v) is 6.70. The van der Waals surface area contributed by atoms with Crippen LogP contribution in [0.1, 0.15) is 43.1 Å². The van der Waals surface area contributed by atoms with Crippen molar-refractivity contribution in [3.63, 3.8) is 0 Å². The number of aryl methyl sites for hydroxylation is 2. The molecule has 2 aromatic heterocycles. The summed E-state index contributed by atoms with van der Waals surface area (Å²) < 4.78 is 2.26. The van der Waals surface area contributed by atoms with Crippen molar-refractivity contribution in [1.29, 1.82) is 0 Å². The van der Waals surface area contributed by atoms with E-state index in [4.69, 9.17) is 4.98 Å². The Morgan fingerprint density at radius 2 is 1.88 bits per heavy atom. The van der Waals surface area contributed by atoms with Crippen LogP contribution in [0.4, 0.5) is 10.5 Å². The highest BCUT2D eigenvalue weighted by atomic mass is 16.2. The van der Waals surface area contributed by atoms with Gasteiger partial charge in [0.05, 0.1) is 0 Å². The van der Waals surface area contributed by atoms with E-state index in [1.165, 1.54) is 17.5 Å². The molecule has 3 heterocycles. The van der Waals surface area contributed by atoms with Crippen LogP contribution in [0, 0.1) is 0 Å². The summed E-state index contributed by atoms with van der Waals surface area (Å²) in [6.07, 6.45) is 5.34. The first-order valence-corrected chi connectivity index (χ1v) is 11.8. The van der Waals surface area contributed by atoms with Crippen LogP contribution in [-0.2, 0) is 19.4 Å². The van der Waals surface area contributed by atoms with Crippen molar-refractivity contribution in [1.82, 2.24) is 24.3 Å². The number of benzene rings is 1. The van der Waals surface area contributed by atoms with Gasteiger partial charge in [0, 0.05) is 57.1 Å². The number of hydrogen-bond donors (Lipinski definition) is 1. The topological polar surface area (TPSA) is 66.3 Å². The maximum absolute atomic E-state index is 12.8. The molecule has 0 saturated carbocycles. The predicted molar refractivity (Wildman–Crippen MR) is 127 cm³/mol. The highest BCUT2D eigenvalue weighted by Crippen LogP contribution is 2.25. The van der Waals surface area contributed by atoms with E-state index in [2.05, 4.69) is 45.7 Å². The third kappa shape index (κ3) is 4.21. The van der Waals surface area contributed by atoms with Gasteiger partial charge in [-0.3, -0.25) is 4.90 Å². The number of hydrogen-bond acceptors (Lipinski definition) is 4. The lowest BCUT2D eigenvalue weighted by molar-refractivity contribution is 0.144. The second-order valence-corrected chi connectivity index (χ2v) is 9.22. The van der Waals surface area contributed by atoms with Crippen molar-refractivity contribution < 1.29 is 4.79 Å². The average molecular weight is 433 g/mol. The molecule has 0 unspecified atom stereocenters. The maximum Gasteiger partial charge on any atom is 0.321 e. The van der Waals surface area contributed by atoms with E-state index in [1.54, 1.807) is 0 Å². The largest absolute Gasteiger partial charge is 0.322 e. The molecular weight excluding hydrogens is 400 g/mol. The summed E-state index contributed by atoms with van der Waals surface area (Å²) in [4.78, 5) is 26.5. The van der Waals surface area contributed by atoms with Crippen LogP contribution in [0.5, 0.6) is 0 Å². The van der Waals surface area contributed by atoms with Gasteiger partial charge >= 0.3 is 6.03 Å². The zero-order valence-electron chi connectivity index (χ0n) is 19.0. The van der Waals surface area contributed by atoms with Gasteiger partial charge < -0.3 is 14.8 Å². The van der Waals surface area contributed by atoms with E-state index in [0.29, 0.717) is 5.92 Å². The fraction of sp³-hybridized carbons (Fsp3) is 0.480. The fourth-order valence-electron chi connectivity index (χ4n) is 4.91. The molecule has 2 aliphatic rings. The number of rotatable bonds is 5. The average Bonchev–Trinajstić information content (AvgIpc) is 3.42. The van der Waals surface area contributed by atoms with E-state index < -0.39 is 0 Å². The SMILES string of the molecule is CC(C)c1nc2cccnc2n1CCN1CCN(C(=O)Nc2ccc3c(c2)CCC3)CC1. The summed E-state index contributed by atoms with van der Waals surface area (Å²) >= 11 is 0. The molecule has 168 valence electrons. The molecule has 1 saturated heterocycles. The molecule has 0 spiro atoms. The van der Waals surface area contributed by atoms with Crippen LogP contribution >= 0.6 is 0 Å². The number of carbonyl (C=O) groups excluding carboxylic acids is 1. The summed E-state index contributed by atoms with van der Waals surface area (Å²) in [5.74, 6) is 1.44. The molecule has 3 aromatic rings. The van der Waals surface area contributed by atoms with Crippen molar-refractivity contribution in [3.8, 4) is 0 Å². The highest BCUT2D eigenvalue weighted by Gasteiger charge is 2.22.